The molecule has 1 amide bonds. The van der Waals surface area contributed by atoms with Gasteiger partial charge in [0.05, 0.1) is 10.5 Å². The van der Waals surface area contributed by atoms with Gasteiger partial charge < -0.3 is 5.32 Å². The number of nitrogens with one attached hydrogen (secondary N) is 2. The third kappa shape index (κ3) is 6.04. The monoisotopic (exact) mass is 401 g/mol. The first kappa shape index (κ1) is 20.8. The van der Waals surface area contributed by atoms with Crippen molar-refractivity contribution < 1.29 is 26.4 Å². The molecule has 1 unspecified atom stereocenters. The molecule has 0 spiro atoms. The zero-order chi connectivity index (χ0) is 20.1. The number of hydrogen-bond donors (Lipinski definition) is 2. The van der Waals surface area contributed by atoms with Crippen molar-refractivity contribution in [2.45, 2.75) is 30.5 Å². The Balaban J connectivity index is 1.88. The third-order valence-electron chi connectivity index (χ3n) is 3.61. The number of benzene rings is 1. The summed E-state index contributed by atoms with van der Waals surface area (Å²) in [6, 6.07) is 7.59. The van der Waals surface area contributed by atoms with E-state index in [0.717, 1.165) is 12.1 Å². The predicted molar refractivity (Wildman–Crippen MR) is 92.4 cm³/mol. The minimum absolute atomic E-state index is 0.201. The van der Waals surface area contributed by atoms with Gasteiger partial charge in [0.2, 0.25) is 10.0 Å². The first-order valence-corrected chi connectivity index (χ1v) is 9.47. The van der Waals surface area contributed by atoms with Gasteiger partial charge in [-0.15, -0.1) is 0 Å². The zero-order valence-electron chi connectivity index (χ0n) is 14.3. The maximum atomic E-state index is 12.5. The van der Waals surface area contributed by atoms with Crippen molar-refractivity contribution in [2.75, 3.05) is 6.54 Å². The number of alkyl halides is 3. The van der Waals surface area contributed by atoms with Gasteiger partial charge in [0, 0.05) is 18.8 Å². The number of aromatic nitrogens is 1. The summed E-state index contributed by atoms with van der Waals surface area (Å²) in [5.41, 5.74) is -0.678. The van der Waals surface area contributed by atoms with E-state index in [2.05, 4.69) is 15.0 Å². The van der Waals surface area contributed by atoms with Gasteiger partial charge in [-0.25, -0.2) is 13.1 Å². The number of halogens is 3. The normalized spacial score (nSPS) is 13.2. The number of hydrogen-bond acceptors (Lipinski definition) is 4. The molecular formula is C17H18F3N3O3S. The largest absolute Gasteiger partial charge is 0.416 e. The van der Waals surface area contributed by atoms with Gasteiger partial charge in [0.1, 0.15) is 5.69 Å². The number of pyridine rings is 1. The van der Waals surface area contributed by atoms with Gasteiger partial charge in [-0.3, -0.25) is 9.78 Å². The molecule has 2 rings (SSSR count). The molecule has 1 aromatic carbocycles. The highest BCUT2D eigenvalue weighted by atomic mass is 32.2. The van der Waals surface area contributed by atoms with E-state index in [9.17, 15) is 26.4 Å². The topological polar surface area (TPSA) is 88.2 Å². The van der Waals surface area contributed by atoms with Crippen LogP contribution in [0.2, 0.25) is 0 Å². The van der Waals surface area contributed by atoms with Crippen molar-refractivity contribution >= 4 is 15.9 Å². The molecule has 0 radical (unpaired) electrons. The molecule has 1 atom stereocenters. The lowest BCUT2D eigenvalue weighted by Crippen LogP contribution is -2.36. The van der Waals surface area contributed by atoms with E-state index in [-0.39, 0.29) is 23.0 Å². The number of amides is 1. The second-order valence-electron chi connectivity index (χ2n) is 5.80. The second kappa shape index (κ2) is 8.49. The zero-order valence-corrected chi connectivity index (χ0v) is 15.1. The number of rotatable bonds is 7. The molecule has 0 bridgehead atoms. The van der Waals surface area contributed by atoms with Gasteiger partial charge in [-0.2, -0.15) is 13.2 Å². The van der Waals surface area contributed by atoms with Crippen LogP contribution in [0.3, 0.4) is 0 Å². The van der Waals surface area contributed by atoms with E-state index in [1.165, 1.54) is 6.20 Å². The quantitative estimate of drug-likeness (QED) is 0.747. The van der Waals surface area contributed by atoms with Crippen LogP contribution >= 0.6 is 0 Å². The Morgan fingerprint density at radius 1 is 1.15 bits per heavy atom. The molecule has 0 fully saturated rings. The first-order valence-electron chi connectivity index (χ1n) is 7.98. The van der Waals surface area contributed by atoms with Gasteiger partial charge in [-0.05, 0) is 49.7 Å². The summed E-state index contributed by atoms with van der Waals surface area (Å²) >= 11 is 0. The van der Waals surface area contributed by atoms with Crippen LogP contribution in [0.5, 0.6) is 0 Å². The van der Waals surface area contributed by atoms with Crippen LogP contribution in [0.25, 0.3) is 0 Å². The van der Waals surface area contributed by atoms with Crippen LogP contribution in [0, 0.1) is 0 Å². The second-order valence-corrected chi connectivity index (χ2v) is 7.52. The smallest absolute Gasteiger partial charge is 0.351 e. The van der Waals surface area contributed by atoms with Crippen LogP contribution < -0.4 is 10.0 Å². The molecule has 146 valence electrons. The summed E-state index contributed by atoms with van der Waals surface area (Å²) in [6.45, 7) is 1.79. The molecular weight excluding hydrogens is 383 g/mol. The maximum absolute atomic E-state index is 12.5. The lowest BCUT2D eigenvalue weighted by Gasteiger charge is -2.15. The molecule has 0 aliphatic rings. The van der Waals surface area contributed by atoms with Gasteiger partial charge in [0.15, 0.2) is 0 Å². The summed E-state index contributed by atoms with van der Waals surface area (Å²) < 4.78 is 64.5. The van der Waals surface area contributed by atoms with Crippen LogP contribution in [0.15, 0.2) is 53.6 Å². The Bertz CT molecular complexity index is 870. The Kier molecular flexibility index (Phi) is 6.55. The minimum Gasteiger partial charge on any atom is -0.351 e. The van der Waals surface area contributed by atoms with Crippen molar-refractivity contribution in [1.82, 2.24) is 15.0 Å². The van der Waals surface area contributed by atoms with Crippen LogP contribution in [-0.2, 0) is 16.2 Å². The molecule has 0 saturated carbocycles. The van der Waals surface area contributed by atoms with Crippen molar-refractivity contribution in [3.05, 3.63) is 59.9 Å². The Labute approximate surface area is 154 Å². The first-order chi connectivity index (χ1) is 12.6. The number of carbonyl (C=O) groups excluding carboxylic acids is 1. The van der Waals surface area contributed by atoms with Crippen molar-refractivity contribution in [2.24, 2.45) is 0 Å². The van der Waals surface area contributed by atoms with E-state index in [1.807, 2.05) is 0 Å². The fourth-order valence-corrected chi connectivity index (χ4v) is 3.48. The van der Waals surface area contributed by atoms with E-state index in [0.29, 0.717) is 18.6 Å². The summed E-state index contributed by atoms with van der Waals surface area (Å²) in [4.78, 5) is 15.5. The summed E-state index contributed by atoms with van der Waals surface area (Å²) in [7, 11) is -3.97. The Morgan fingerprint density at radius 3 is 2.37 bits per heavy atom. The molecule has 1 aromatic heterocycles. The summed E-state index contributed by atoms with van der Waals surface area (Å²) in [6.07, 6.45) is -2.76. The molecule has 0 aliphatic carbocycles. The van der Waals surface area contributed by atoms with E-state index >= 15 is 0 Å². The van der Waals surface area contributed by atoms with E-state index in [1.54, 1.807) is 25.1 Å². The maximum Gasteiger partial charge on any atom is 0.416 e. The summed E-state index contributed by atoms with van der Waals surface area (Å²) in [5.74, 6) is -0.381. The van der Waals surface area contributed by atoms with Gasteiger partial charge >= 0.3 is 6.18 Å². The molecule has 6 nitrogen and oxygen atoms in total. The third-order valence-corrected chi connectivity index (χ3v) is 5.21. The highest BCUT2D eigenvalue weighted by Gasteiger charge is 2.30. The molecule has 27 heavy (non-hydrogen) atoms. The van der Waals surface area contributed by atoms with E-state index < -0.39 is 27.8 Å². The molecule has 2 N–H and O–H groups in total. The Morgan fingerprint density at radius 2 is 1.81 bits per heavy atom. The fourth-order valence-electron chi connectivity index (χ4n) is 2.20. The highest BCUT2D eigenvalue weighted by molar-refractivity contribution is 7.89. The number of carbonyl (C=O) groups is 1. The molecule has 0 aliphatic heterocycles. The predicted octanol–water partition coefficient (Wildman–Crippen LogP) is 2.59. The average molecular weight is 401 g/mol. The lowest BCUT2D eigenvalue weighted by molar-refractivity contribution is -0.137. The highest BCUT2D eigenvalue weighted by Crippen LogP contribution is 2.29. The van der Waals surface area contributed by atoms with Crippen molar-refractivity contribution in [3.63, 3.8) is 0 Å². The average Bonchev–Trinajstić information content (AvgIpc) is 2.61. The summed E-state index contributed by atoms with van der Waals surface area (Å²) in [5, 5.41) is 2.62. The molecule has 10 heteroatoms. The minimum atomic E-state index is -4.53. The van der Waals surface area contributed by atoms with Gasteiger partial charge in [-0.1, -0.05) is 6.07 Å². The van der Waals surface area contributed by atoms with E-state index in [4.69, 9.17) is 0 Å². The molecule has 2 aromatic rings. The SMILES string of the molecule is CC(CCNC(=O)c1ccccn1)NS(=O)(=O)c1ccc(C(F)(F)F)cc1. The fraction of sp³-hybridized carbons (Fsp3) is 0.294. The standard InChI is InChI=1S/C17H18F3N3O3S/c1-12(9-11-22-16(24)15-4-2-3-10-21-15)23-27(25,26)14-7-5-13(6-8-14)17(18,19)20/h2-8,10,12,23H,9,11H2,1H3,(H,22,24). The molecule has 1 heterocycles. The van der Waals surface area contributed by atoms with Crippen LogP contribution in [0.4, 0.5) is 13.2 Å². The number of nitrogens with zero attached hydrogens (tertiary/aromatic N) is 1. The van der Waals surface area contributed by atoms with Crippen molar-refractivity contribution in [1.29, 1.82) is 0 Å². The molecule has 0 saturated heterocycles. The Hall–Kier alpha value is -2.46. The lowest BCUT2D eigenvalue weighted by atomic mass is 10.2. The van der Waals surface area contributed by atoms with Crippen molar-refractivity contribution in [3.8, 4) is 0 Å². The van der Waals surface area contributed by atoms with Crippen LogP contribution in [-0.4, -0.2) is 31.9 Å². The van der Waals surface area contributed by atoms with Crippen LogP contribution in [0.1, 0.15) is 29.4 Å². The number of sulfonamides is 1. The van der Waals surface area contributed by atoms with Gasteiger partial charge in [0.25, 0.3) is 5.91 Å².